The molecule has 1 N–H and O–H groups in total. The van der Waals surface area contributed by atoms with E-state index in [-0.39, 0.29) is 24.1 Å². The third-order valence-corrected chi connectivity index (χ3v) is 5.79. The van der Waals surface area contributed by atoms with Crippen molar-refractivity contribution in [2.45, 2.75) is 20.3 Å². The number of para-hydroxylation sites is 1. The van der Waals surface area contributed by atoms with E-state index in [1.807, 2.05) is 24.3 Å². The second kappa shape index (κ2) is 8.65. The summed E-state index contributed by atoms with van der Waals surface area (Å²) in [4.78, 5) is 30.6. The van der Waals surface area contributed by atoms with Crippen LogP contribution in [0, 0.1) is 12.7 Å². The van der Waals surface area contributed by atoms with E-state index in [1.165, 1.54) is 29.2 Å². The number of rotatable bonds is 5. The number of amides is 2. The van der Waals surface area contributed by atoms with Crippen LogP contribution >= 0.6 is 11.3 Å². The highest BCUT2D eigenvalue weighted by molar-refractivity contribution is 7.22. The standard InChI is InChI=1S/C24H20FN3O2S/c1-15-7-12-19(14-20(15)25)28(24-27-21-5-3-4-6-22(21)31-24)23(30)13-17-8-10-18(11-9-17)26-16(2)29/h3-12,14H,13H2,1-2H3,(H,26,29). The van der Waals surface area contributed by atoms with Crippen molar-refractivity contribution in [2.75, 3.05) is 10.2 Å². The predicted octanol–water partition coefficient (Wildman–Crippen LogP) is 5.61. The molecule has 0 atom stereocenters. The van der Waals surface area contributed by atoms with Gasteiger partial charge in [-0.05, 0) is 54.4 Å². The number of nitrogens with zero attached hydrogens (tertiary/aromatic N) is 2. The Balaban J connectivity index is 1.68. The molecular weight excluding hydrogens is 413 g/mol. The van der Waals surface area contributed by atoms with Gasteiger partial charge in [0.05, 0.1) is 22.3 Å². The fraction of sp³-hybridized carbons (Fsp3) is 0.125. The Kier molecular flexibility index (Phi) is 5.77. The van der Waals surface area contributed by atoms with E-state index in [2.05, 4.69) is 10.3 Å². The van der Waals surface area contributed by atoms with Crippen LogP contribution in [0.15, 0.2) is 66.7 Å². The van der Waals surface area contributed by atoms with Gasteiger partial charge in [-0.2, -0.15) is 0 Å². The zero-order chi connectivity index (χ0) is 22.0. The highest BCUT2D eigenvalue weighted by atomic mass is 32.1. The quantitative estimate of drug-likeness (QED) is 0.445. The lowest BCUT2D eigenvalue weighted by Gasteiger charge is -2.20. The van der Waals surface area contributed by atoms with Gasteiger partial charge in [0.15, 0.2) is 5.13 Å². The van der Waals surface area contributed by atoms with Crippen LogP contribution in [0.2, 0.25) is 0 Å². The Hall–Kier alpha value is -3.58. The zero-order valence-electron chi connectivity index (χ0n) is 17.1. The summed E-state index contributed by atoms with van der Waals surface area (Å²) in [5.74, 6) is -0.766. The van der Waals surface area contributed by atoms with Crippen LogP contribution in [-0.2, 0) is 16.0 Å². The normalized spacial score (nSPS) is 10.8. The summed E-state index contributed by atoms with van der Waals surface area (Å²) >= 11 is 1.38. The lowest BCUT2D eigenvalue weighted by atomic mass is 10.1. The van der Waals surface area contributed by atoms with E-state index in [4.69, 9.17) is 0 Å². The largest absolute Gasteiger partial charge is 0.326 e. The molecule has 0 aliphatic carbocycles. The van der Waals surface area contributed by atoms with Crippen LogP contribution < -0.4 is 10.2 Å². The van der Waals surface area contributed by atoms with Crippen molar-refractivity contribution in [3.05, 3.63) is 83.7 Å². The molecule has 0 radical (unpaired) electrons. The molecule has 1 heterocycles. The van der Waals surface area contributed by atoms with Crippen LogP contribution in [0.3, 0.4) is 0 Å². The zero-order valence-corrected chi connectivity index (χ0v) is 17.9. The van der Waals surface area contributed by atoms with Crippen molar-refractivity contribution in [1.29, 1.82) is 0 Å². The van der Waals surface area contributed by atoms with Gasteiger partial charge >= 0.3 is 0 Å². The molecule has 0 unspecified atom stereocenters. The first kappa shape index (κ1) is 20.7. The monoisotopic (exact) mass is 433 g/mol. The second-order valence-corrected chi connectivity index (χ2v) is 8.19. The van der Waals surface area contributed by atoms with Gasteiger partial charge in [-0.3, -0.25) is 14.5 Å². The van der Waals surface area contributed by atoms with Gasteiger partial charge < -0.3 is 5.32 Å². The first-order chi connectivity index (χ1) is 14.9. The number of aryl methyl sites for hydroxylation is 1. The minimum atomic E-state index is -0.379. The third-order valence-electron chi connectivity index (χ3n) is 4.77. The van der Waals surface area contributed by atoms with Gasteiger partial charge in [-0.15, -0.1) is 0 Å². The summed E-state index contributed by atoms with van der Waals surface area (Å²) in [6.07, 6.45) is 0.103. The first-order valence-corrected chi connectivity index (χ1v) is 10.5. The Labute approximate surface area is 183 Å². The minimum absolute atomic E-state index is 0.103. The fourth-order valence-electron chi connectivity index (χ4n) is 3.20. The van der Waals surface area contributed by atoms with Gasteiger partial charge in [0.25, 0.3) is 0 Å². The summed E-state index contributed by atoms with van der Waals surface area (Å²) < 4.78 is 15.3. The minimum Gasteiger partial charge on any atom is -0.326 e. The average molecular weight is 434 g/mol. The summed E-state index contributed by atoms with van der Waals surface area (Å²) in [6, 6.07) is 19.4. The third kappa shape index (κ3) is 4.62. The molecule has 0 fully saturated rings. The summed E-state index contributed by atoms with van der Waals surface area (Å²) in [6.45, 7) is 3.12. The molecule has 4 rings (SSSR count). The second-order valence-electron chi connectivity index (χ2n) is 7.18. The van der Waals surface area contributed by atoms with Crippen LogP contribution in [0.4, 0.5) is 20.9 Å². The van der Waals surface area contributed by atoms with Gasteiger partial charge in [0.2, 0.25) is 11.8 Å². The molecule has 0 aliphatic rings. The molecule has 0 spiro atoms. The molecule has 2 amide bonds. The van der Waals surface area contributed by atoms with E-state index in [0.717, 1.165) is 15.8 Å². The van der Waals surface area contributed by atoms with Crippen LogP contribution in [0.1, 0.15) is 18.1 Å². The first-order valence-electron chi connectivity index (χ1n) is 9.72. The molecule has 0 aliphatic heterocycles. The molecule has 3 aromatic carbocycles. The fourth-order valence-corrected chi connectivity index (χ4v) is 4.20. The molecule has 0 bridgehead atoms. The maximum Gasteiger partial charge on any atom is 0.237 e. The Morgan fingerprint density at radius 1 is 1.06 bits per heavy atom. The van der Waals surface area contributed by atoms with Gasteiger partial charge in [-0.1, -0.05) is 41.7 Å². The lowest BCUT2D eigenvalue weighted by Crippen LogP contribution is -2.27. The topological polar surface area (TPSA) is 62.3 Å². The molecule has 156 valence electrons. The van der Waals surface area contributed by atoms with E-state index >= 15 is 0 Å². The van der Waals surface area contributed by atoms with Crippen molar-refractivity contribution >= 4 is 49.9 Å². The Morgan fingerprint density at radius 3 is 2.48 bits per heavy atom. The molecule has 1 aromatic heterocycles. The number of benzene rings is 3. The van der Waals surface area contributed by atoms with E-state index in [0.29, 0.717) is 22.1 Å². The number of nitrogens with one attached hydrogen (secondary N) is 1. The number of hydrogen-bond donors (Lipinski definition) is 1. The number of halogens is 1. The lowest BCUT2D eigenvalue weighted by molar-refractivity contribution is -0.117. The SMILES string of the molecule is CC(=O)Nc1ccc(CC(=O)N(c2ccc(C)c(F)c2)c2nc3ccccc3s2)cc1. The van der Waals surface area contributed by atoms with Gasteiger partial charge in [0, 0.05) is 12.6 Å². The average Bonchev–Trinajstić information content (AvgIpc) is 3.15. The molecule has 31 heavy (non-hydrogen) atoms. The maximum absolute atomic E-state index is 14.3. The molecule has 4 aromatic rings. The summed E-state index contributed by atoms with van der Waals surface area (Å²) in [7, 11) is 0. The number of aromatic nitrogens is 1. The molecule has 0 saturated carbocycles. The number of thiazole rings is 1. The van der Waals surface area contributed by atoms with Crippen LogP contribution in [0.5, 0.6) is 0 Å². The van der Waals surface area contributed by atoms with Crippen LogP contribution in [0.25, 0.3) is 10.2 Å². The highest BCUT2D eigenvalue weighted by Gasteiger charge is 2.23. The summed E-state index contributed by atoms with van der Waals surface area (Å²) in [5.41, 5.74) is 3.16. The number of fused-ring (bicyclic) bond motifs is 1. The van der Waals surface area contributed by atoms with E-state index < -0.39 is 0 Å². The highest BCUT2D eigenvalue weighted by Crippen LogP contribution is 2.34. The summed E-state index contributed by atoms with van der Waals surface area (Å²) in [5, 5.41) is 3.19. The number of hydrogen-bond acceptors (Lipinski definition) is 4. The number of carbonyl (C=O) groups is 2. The Bertz CT molecular complexity index is 1230. The van der Waals surface area contributed by atoms with E-state index in [1.54, 1.807) is 43.3 Å². The van der Waals surface area contributed by atoms with Crippen molar-refractivity contribution in [1.82, 2.24) is 4.98 Å². The predicted molar refractivity (Wildman–Crippen MR) is 122 cm³/mol. The number of anilines is 3. The van der Waals surface area contributed by atoms with Crippen molar-refractivity contribution < 1.29 is 14.0 Å². The van der Waals surface area contributed by atoms with Gasteiger partial charge in [-0.25, -0.2) is 9.37 Å². The molecule has 0 saturated heterocycles. The van der Waals surface area contributed by atoms with Crippen molar-refractivity contribution in [3.8, 4) is 0 Å². The van der Waals surface area contributed by atoms with E-state index in [9.17, 15) is 14.0 Å². The van der Waals surface area contributed by atoms with Crippen LogP contribution in [-0.4, -0.2) is 16.8 Å². The maximum atomic E-state index is 14.3. The van der Waals surface area contributed by atoms with Gasteiger partial charge in [0.1, 0.15) is 5.82 Å². The molecule has 7 heteroatoms. The number of carbonyl (C=O) groups excluding carboxylic acids is 2. The Morgan fingerprint density at radius 2 is 1.81 bits per heavy atom. The molecule has 5 nitrogen and oxygen atoms in total. The van der Waals surface area contributed by atoms with Crippen molar-refractivity contribution in [2.24, 2.45) is 0 Å². The smallest absolute Gasteiger partial charge is 0.237 e. The molecular formula is C24H20FN3O2S. The van der Waals surface area contributed by atoms with Crippen molar-refractivity contribution in [3.63, 3.8) is 0 Å².